The lowest BCUT2D eigenvalue weighted by Crippen LogP contribution is -2.31. The van der Waals surface area contributed by atoms with Gasteiger partial charge in [-0.1, -0.05) is 19.9 Å². The molecular weight excluding hydrogens is 191 g/mol. The van der Waals surface area contributed by atoms with Gasteiger partial charge >= 0.3 is 0 Å². The number of benzene rings is 1. The van der Waals surface area contributed by atoms with E-state index in [2.05, 4.69) is 18.7 Å². The molecule has 0 bridgehead atoms. The van der Waals surface area contributed by atoms with E-state index in [0.717, 1.165) is 18.5 Å². The maximum atomic E-state index is 13.3. The van der Waals surface area contributed by atoms with Crippen LogP contribution in [0.2, 0.25) is 0 Å². The zero-order valence-corrected chi connectivity index (χ0v) is 9.63. The van der Waals surface area contributed by atoms with Gasteiger partial charge in [0.2, 0.25) is 0 Å². The van der Waals surface area contributed by atoms with Crippen LogP contribution in [-0.4, -0.2) is 13.1 Å². The van der Waals surface area contributed by atoms with Crippen LogP contribution in [0.25, 0.3) is 0 Å². The summed E-state index contributed by atoms with van der Waals surface area (Å²) in [5.74, 6) is -0.342. The maximum Gasteiger partial charge on any atom is 0.148 e. The quantitative estimate of drug-likeness (QED) is 0.774. The van der Waals surface area contributed by atoms with Crippen LogP contribution in [0.1, 0.15) is 26.7 Å². The molecule has 0 radical (unpaired) electrons. The van der Waals surface area contributed by atoms with E-state index in [1.165, 1.54) is 6.07 Å². The zero-order valence-electron chi connectivity index (χ0n) is 9.63. The molecule has 1 aromatic rings. The SMILES string of the molecule is CCC(CC)N(C)c1cccc(F)c1N. The third-order valence-electron chi connectivity index (χ3n) is 2.90. The molecule has 0 fully saturated rings. The fourth-order valence-corrected chi connectivity index (χ4v) is 1.87. The van der Waals surface area contributed by atoms with Gasteiger partial charge in [-0.15, -0.1) is 0 Å². The summed E-state index contributed by atoms with van der Waals surface area (Å²) in [5.41, 5.74) is 6.74. The summed E-state index contributed by atoms with van der Waals surface area (Å²) < 4.78 is 13.3. The molecule has 0 amide bonds. The van der Waals surface area contributed by atoms with Crippen LogP contribution in [0.15, 0.2) is 18.2 Å². The molecule has 3 heteroatoms. The van der Waals surface area contributed by atoms with Crippen molar-refractivity contribution in [2.75, 3.05) is 17.7 Å². The largest absolute Gasteiger partial charge is 0.395 e. The highest BCUT2D eigenvalue weighted by Gasteiger charge is 2.14. The molecule has 0 unspecified atom stereocenters. The summed E-state index contributed by atoms with van der Waals surface area (Å²) in [5, 5.41) is 0. The number of nitrogens with two attached hydrogens (primary N) is 1. The highest BCUT2D eigenvalue weighted by molar-refractivity contribution is 5.68. The highest BCUT2D eigenvalue weighted by Crippen LogP contribution is 2.27. The average Bonchev–Trinajstić information content (AvgIpc) is 2.23. The molecule has 2 nitrogen and oxygen atoms in total. The molecule has 0 saturated heterocycles. The minimum Gasteiger partial charge on any atom is -0.395 e. The lowest BCUT2D eigenvalue weighted by atomic mass is 10.1. The Morgan fingerprint density at radius 3 is 2.47 bits per heavy atom. The van der Waals surface area contributed by atoms with Gasteiger partial charge in [0.15, 0.2) is 0 Å². The van der Waals surface area contributed by atoms with Crippen LogP contribution in [0.3, 0.4) is 0 Å². The van der Waals surface area contributed by atoms with Gasteiger partial charge in [0.05, 0.1) is 11.4 Å². The minimum atomic E-state index is -0.342. The van der Waals surface area contributed by atoms with Gasteiger partial charge in [-0.05, 0) is 25.0 Å². The van der Waals surface area contributed by atoms with Crippen molar-refractivity contribution in [3.8, 4) is 0 Å². The Kier molecular flexibility index (Phi) is 3.95. The summed E-state index contributed by atoms with van der Waals surface area (Å²) in [6.45, 7) is 4.25. The first-order valence-electron chi connectivity index (χ1n) is 5.38. The van der Waals surface area contributed by atoms with E-state index in [0.29, 0.717) is 6.04 Å². The van der Waals surface area contributed by atoms with Crippen molar-refractivity contribution < 1.29 is 4.39 Å². The smallest absolute Gasteiger partial charge is 0.148 e. The lowest BCUT2D eigenvalue weighted by Gasteiger charge is -2.29. The Bertz CT molecular complexity index is 321. The number of hydrogen-bond donors (Lipinski definition) is 1. The van der Waals surface area contributed by atoms with Gasteiger partial charge in [0.1, 0.15) is 5.82 Å². The first kappa shape index (κ1) is 11.8. The molecule has 0 aliphatic carbocycles. The second-order valence-corrected chi connectivity index (χ2v) is 3.75. The van der Waals surface area contributed by atoms with Crippen LogP contribution in [0.4, 0.5) is 15.8 Å². The summed E-state index contributed by atoms with van der Waals surface area (Å²) in [6, 6.07) is 5.35. The molecule has 84 valence electrons. The lowest BCUT2D eigenvalue weighted by molar-refractivity contribution is 0.588. The second kappa shape index (κ2) is 5.01. The predicted molar refractivity (Wildman–Crippen MR) is 63.6 cm³/mol. The monoisotopic (exact) mass is 210 g/mol. The minimum absolute atomic E-state index is 0.243. The number of halogens is 1. The van der Waals surface area contributed by atoms with Crippen molar-refractivity contribution in [1.82, 2.24) is 0 Å². The molecule has 0 saturated carbocycles. The molecule has 1 rings (SSSR count). The van der Waals surface area contributed by atoms with Crippen molar-refractivity contribution in [3.05, 3.63) is 24.0 Å². The summed E-state index contributed by atoms with van der Waals surface area (Å²) in [7, 11) is 1.96. The first-order valence-corrected chi connectivity index (χ1v) is 5.38. The van der Waals surface area contributed by atoms with Crippen LogP contribution >= 0.6 is 0 Å². The van der Waals surface area contributed by atoms with Gasteiger partial charge in [-0.25, -0.2) is 4.39 Å². The highest BCUT2D eigenvalue weighted by atomic mass is 19.1. The number of nitrogens with zero attached hydrogens (tertiary/aromatic N) is 1. The Hall–Kier alpha value is -1.25. The van der Waals surface area contributed by atoms with Gasteiger partial charge in [-0.3, -0.25) is 0 Å². The molecule has 1 aromatic carbocycles. The average molecular weight is 210 g/mol. The number of rotatable bonds is 4. The number of hydrogen-bond acceptors (Lipinski definition) is 2. The standard InChI is InChI=1S/C12H19FN2/c1-4-9(5-2)15(3)11-8-6-7-10(13)12(11)14/h6-9H,4-5,14H2,1-3H3. The van der Waals surface area contributed by atoms with Crippen molar-refractivity contribution in [2.45, 2.75) is 32.7 Å². The van der Waals surface area contributed by atoms with E-state index in [1.54, 1.807) is 6.07 Å². The molecule has 2 N–H and O–H groups in total. The molecule has 0 spiro atoms. The zero-order chi connectivity index (χ0) is 11.4. The number of para-hydroxylation sites is 1. The van der Waals surface area contributed by atoms with E-state index in [-0.39, 0.29) is 11.5 Å². The van der Waals surface area contributed by atoms with Gasteiger partial charge < -0.3 is 10.6 Å². The van der Waals surface area contributed by atoms with Crippen LogP contribution in [-0.2, 0) is 0 Å². The van der Waals surface area contributed by atoms with Gasteiger partial charge in [0.25, 0.3) is 0 Å². The molecular formula is C12H19FN2. The van der Waals surface area contributed by atoms with Gasteiger partial charge in [0, 0.05) is 13.1 Å². The first-order chi connectivity index (χ1) is 7.11. The number of nitrogen functional groups attached to an aromatic ring is 1. The second-order valence-electron chi connectivity index (χ2n) is 3.75. The van der Waals surface area contributed by atoms with E-state index in [4.69, 9.17) is 5.73 Å². The Morgan fingerprint density at radius 2 is 1.93 bits per heavy atom. The Morgan fingerprint density at radius 1 is 1.33 bits per heavy atom. The van der Waals surface area contributed by atoms with Gasteiger partial charge in [-0.2, -0.15) is 0 Å². The summed E-state index contributed by atoms with van der Waals surface area (Å²) in [6.07, 6.45) is 2.06. The number of anilines is 2. The van der Waals surface area contributed by atoms with Crippen LogP contribution in [0.5, 0.6) is 0 Å². The van der Waals surface area contributed by atoms with E-state index in [9.17, 15) is 4.39 Å². The topological polar surface area (TPSA) is 29.3 Å². The van der Waals surface area contributed by atoms with E-state index in [1.807, 2.05) is 13.1 Å². The van der Waals surface area contributed by atoms with E-state index < -0.39 is 0 Å². The predicted octanol–water partition coefficient (Wildman–Crippen LogP) is 3.03. The molecule has 15 heavy (non-hydrogen) atoms. The normalized spacial score (nSPS) is 10.7. The third kappa shape index (κ3) is 2.41. The molecule has 0 atom stereocenters. The summed E-state index contributed by atoms with van der Waals surface area (Å²) in [4.78, 5) is 2.05. The van der Waals surface area contributed by atoms with Crippen LogP contribution in [0, 0.1) is 5.82 Å². The maximum absolute atomic E-state index is 13.3. The Labute approximate surface area is 90.9 Å². The molecule has 0 aliphatic heterocycles. The Balaban J connectivity index is 2.99. The molecule has 0 aromatic heterocycles. The van der Waals surface area contributed by atoms with Crippen molar-refractivity contribution in [3.63, 3.8) is 0 Å². The molecule has 0 heterocycles. The summed E-state index contributed by atoms with van der Waals surface area (Å²) >= 11 is 0. The fourth-order valence-electron chi connectivity index (χ4n) is 1.87. The fraction of sp³-hybridized carbons (Fsp3) is 0.500. The van der Waals surface area contributed by atoms with Crippen molar-refractivity contribution in [1.29, 1.82) is 0 Å². The molecule has 0 aliphatic rings. The van der Waals surface area contributed by atoms with Crippen LogP contribution < -0.4 is 10.6 Å². The van der Waals surface area contributed by atoms with E-state index >= 15 is 0 Å². The van der Waals surface area contributed by atoms with Crippen molar-refractivity contribution >= 4 is 11.4 Å². The van der Waals surface area contributed by atoms with Crippen molar-refractivity contribution in [2.24, 2.45) is 0 Å². The third-order valence-corrected chi connectivity index (χ3v) is 2.90.